The maximum absolute atomic E-state index is 12.0. The maximum atomic E-state index is 12.0. The van der Waals surface area contributed by atoms with E-state index in [-0.39, 0.29) is 11.6 Å². The van der Waals surface area contributed by atoms with E-state index in [1.54, 1.807) is 36.4 Å². The number of rotatable bonds is 5. The molecule has 0 fully saturated rings. The zero-order valence-electron chi connectivity index (χ0n) is 14.2. The van der Waals surface area contributed by atoms with Gasteiger partial charge in [0, 0.05) is 15.7 Å². The fourth-order valence-electron chi connectivity index (χ4n) is 2.37. The Morgan fingerprint density at radius 3 is 2.74 bits per heavy atom. The number of nitrogens with one attached hydrogen (secondary N) is 1. The van der Waals surface area contributed by atoms with Crippen molar-refractivity contribution in [2.45, 2.75) is 6.92 Å². The van der Waals surface area contributed by atoms with Gasteiger partial charge < -0.3 is 9.73 Å². The SMILES string of the molecule is Cc1nc(NC(=O)C=Cc2ccc(-c3ccccc3[N+](=O)[O-])o2)ccc1I. The minimum atomic E-state index is -0.461. The molecule has 0 radical (unpaired) electrons. The van der Waals surface area contributed by atoms with E-state index in [0.717, 1.165) is 9.26 Å². The second kappa shape index (κ2) is 8.12. The number of nitrogens with zero attached hydrogens (tertiary/aromatic N) is 2. The van der Waals surface area contributed by atoms with E-state index < -0.39 is 4.92 Å². The van der Waals surface area contributed by atoms with Gasteiger partial charge in [-0.3, -0.25) is 14.9 Å². The van der Waals surface area contributed by atoms with Gasteiger partial charge >= 0.3 is 0 Å². The number of pyridine rings is 1. The summed E-state index contributed by atoms with van der Waals surface area (Å²) in [5.41, 5.74) is 1.17. The number of halogens is 1. The van der Waals surface area contributed by atoms with E-state index in [1.165, 1.54) is 18.2 Å². The third kappa shape index (κ3) is 4.59. The van der Waals surface area contributed by atoms with Crippen LogP contribution in [0, 0.1) is 20.6 Å². The zero-order chi connectivity index (χ0) is 19.4. The molecule has 3 rings (SSSR count). The van der Waals surface area contributed by atoms with Crippen LogP contribution in [0.5, 0.6) is 0 Å². The Bertz CT molecular complexity index is 1040. The molecule has 0 saturated heterocycles. The van der Waals surface area contributed by atoms with Crippen molar-refractivity contribution in [1.82, 2.24) is 4.98 Å². The molecule has 0 spiro atoms. The van der Waals surface area contributed by atoms with Gasteiger partial charge in [0.15, 0.2) is 0 Å². The molecule has 7 nitrogen and oxygen atoms in total. The van der Waals surface area contributed by atoms with E-state index >= 15 is 0 Å². The number of hydrogen-bond acceptors (Lipinski definition) is 5. The minimum Gasteiger partial charge on any atom is -0.456 e. The second-order valence-electron chi connectivity index (χ2n) is 5.56. The molecule has 2 heterocycles. The number of benzene rings is 1. The van der Waals surface area contributed by atoms with Crippen LogP contribution >= 0.6 is 22.6 Å². The van der Waals surface area contributed by atoms with Crippen molar-refractivity contribution in [3.05, 3.63) is 79.7 Å². The predicted molar refractivity (Wildman–Crippen MR) is 110 cm³/mol. The third-order valence-electron chi connectivity index (χ3n) is 3.66. The summed E-state index contributed by atoms with van der Waals surface area (Å²) in [6.45, 7) is 1.86. The Morgan fingerprint density at radius 1 is 1.22 bits per heavy atom. The largest absolute Gasteiger partial charge is 0.456 e. The van der Waals surface area contributed by atoms with E-state index in [1.807, 2.05) is 13.0 Å². The molecular formula is C19H14IN3O4. The van der Waals surface area contributed by atoms with Gasteiger partial charge in [-0.15, -0.1) is 0 Å². The van der Waals surface area contributed by atoms with Crippen LogP contribution in [0.2, 0.25) is 0 Å². The number of nitro benzene ring substituents is 1. The van der Waals surface area contributed by atoms with Crippen LogP contribution in [0.4, 0.5) is 11.5 Å². The Labute approximate surface area is 168 Å². The zero-order valence-corrected chi connectivity index (χ0v) is 16.3. The normalized spacial score (nSPS) is 10.9. The third-order valence-corrected chi connectivity index (χ3v) is 4.80. The van der Waals surface area contributed by atoms with E-state index in [2.05, 4.69) is 32.9 Å². The van der Waals surface area contributed by atoms with Gasteiger partial charge in [0.1, 0.15) is 17.3 Å². The lowest BCUT2D eigenvalue weighted by atomic mass is 10.1. The van der Waals surface area contributed by atoms with Crippen LogP contribution in [0.1, 0.15) is 11.5 Å². The molecule has 0 aliphatic heterocycles. The van der Waals surface area contributed by atoms with E-state index in [4.69, 9.17) is 4.42 Å². The summed E-state index contributed by atoms with van der Waals surface area (Å²) in [4.78, 5) is 27.0. The van der Waals surface area contributed by atoms with Crippen molar-refractivity contribution in [3.8, 4) is 11.3 Å². The summed E-state index contributed by atoms with van der Waals surface area (Å²) in [6.07, 6.45) is 2.81. The fourth-order valence-corrected chi connectivity index (χ4v) is 2.67. The van der Waals surface area contributed by atoms with E-state index in [9.17, 15) is 14.9 Å². The average Bonchev–Trinajstić information content (AvgIpc) is 3.12. The van der Waals surface area contributed by atoms with Crippen LogP contribution in [0.3, 0.4) is 0 Å². The predicted octanol–water partition coefficient (Wildman–Crippen LogP) is 4.81. The van der Waals surface area contributed by atoms with Crippen molar-refractivity contribution in [3.63, 3.8) is 0 Å². The number of anilines is 1. The Balaban J connectivity index is 1.73. The molecule has 3 aromatic rings. The monoisotopic (exact) mass is 475 g/mol. The van der Waals surface area contributed by atoms with Crippen molar-refractivity contribution >= 4 is 46.1 Å². The number of amides is 1. The standard InChI is InChI=1S/C19H14IN3O4/c1-12-15(20)8-10-18(21-12)22-19(24)11-7-13-6-9-17(27-13)14-4-2-3-5-16(14)23(25)26/h2-11H,1H3,(H,21,22,24). The molecule has 0 aliphatic carbocycles. The summed E-state index contributed by atoms with van der Waals surface area (Å²) in [6, 6.07) is 13.2. The fraction of sp³-hybridized carbons (Fsp3) is 0.0526. The lowest BCUT2D eigenvalue weighted by Crippen LogP contribution is -2.09. The van der Waals surface area contributed by atoms with Crippen LogP contribution in [0.15, 0.2) is 59.0 Å². The van der Waals surface area contributed by atoms with Crippen LogP contribution in [-0.4, -0.2) is 15.8 Å². The number of carbonyl (C=O) groups is 1. The Hall–Kier alpha value is -3.01. The Morgan fingerprint density at radius 2 is 2.00 bits per heavy atom. The quantitative estimate of drug-likeness (QED) is 0.247. The molecule has 8 heteroatoms. The summed E-state index contributed by atoms with van der Waals surface area (Å²) < 4.78 is 6.62. The summed E-state index contributed by atoms with van der Waals surface area (Å²) in [5.74, 6) is 0.872. The molecule has 136 valence electrons. The molecule has 0 unspecified atom stereocenters. The molecule has 1 amide bonds. The summed E-state index contributed by atoms with van der Waals surface area (Å²) >= 11 is 2.17. The minimum absolute atomic E-state index is 0.0414. The number of nitro groups is 1. The van der Waals surface area contributed by atoms with Crippen molar-refractivity contribution in [1.29, 1.82) is 0 Å². The summed E-state index contributed by atoms with van der Waals surface area (Å²) in [5, 5.41) is 13.8. The first-order chi connectivity index (χ1) is 12.9. The molecule has 0 saturated carbocycles. The van der Waals surface area contributed by atoms with Crippen molar-refractivity contribution in [2.75, 3.05) is 5.32 Å². The second-order valence-corrected chi connectivity index (χ2v) is 6.72. The van der Waals surface area contributed by atoms with Crippen LogP contribution < -0.4 is 5.32 Å². The molecule has 0 bridgehead atoms. The van der Waals surface area contributed by atoms with Gasteiger partial charge in [-0.05, 0) is 65.9 Å². The first kappa shape index (κ1) is 18.8. The number of aryl methyl sites for hydroxylation is 1. The topological polar surface area (TPSA) is 98.3 Å². The lowest BCUT2D eigenvalue weighted by molar-refractivity contribution is -0.384. The molecule has 1 aromatic carbocycles. The van der Waals surface area contributed by atoms with Crippen LogP contribution in [0.25, 0.3) is 17.4 Å². The highest BCUT2D eigenvalue weighted by atomic mass is 127. The molecular weight excluding hydrogens is 461 g/mol. The smallest absolute Gasteiger partial charge is 0.280 e. The number of para-hydroxylation sites is 1. The first-order valence-corrected chi connectivity index (χ1v) is 8.98. The highest BCUT2D eigenvalue weighted by molar-refractivity contribution is 14.1. The van der Waals surface area contributed by atoms with E-state index in [0.29, 0.717) is 22.9 Å². The molecule has 0 atom stereocenters. The number of carbonyl (C=O) groups excluding carboxylic acids is 1. The molecule has 2 aromatic heterocycles. The van der Waals surface area contributed by atoms with Crippen molar-refractivity contribution in [2.24, 2.45) is 0 Å². The van der Waals surface area contributed by atoms with Gasteiger partial charge in [0.25, 0.3) is 5.69 Å². The number of hydrogen-bond donors (Lipinski definition) is 1. The first-order valence-electron chi connectivity index (χ1n) is 7.90. The number of furan rings is 1. The van der Waals surface area contributed by atoms with Gasteiger partial charge in [-0.2, -0.15) is 0 Å². The molecule has 27 heavy (non-hydrogen) atoms. The number of aromatic nitrogens is 1. The van der Waals surface area contributed by atoms with Gasteiger partial charge in [0.05, 0.1) is 16.2 Å². The van der Waals surface area contributed by atoms with Crippen molar-refractivity contribution < 1.29 is 14.1 Å². The maximum Gasteiger partial charge on any atom is 0.280 e. The van der Waals surface area contributed by atoms with Gasteiger partial charge in [-0.25, -0.2) is 4.98 Å². The van der Waals surface area contributed by atoms with Gasteiger partial charge in [0.2, 0.25) is 5.91 Å². The average molecular weight is 475 g/mol. The molecule has 1 N–H and O–H groups in total. The summed E-state index contributed by atoms with van der Waals surface area (Å²) in [7, 11) is 0. The highest BCUT2D eigenvalue weighted by Gasteiger charge is 2.16. The highest BCUT2D eigenvalue weighted by Crippen LogP contribution is 2.31. The molecule has 0 aliphatic rings. The lowest BCUT2D eigenvalue weighted by Gasteiger charge is -2.03. The van der Waals surface area contributed by atoms with Gasteiger partial charge in [-0.1, -0.05) is 12.1 Å². The Kier molecular flexibility index (Phi) is 5.65. The van der Waals surface area contributed by atoms with Crippen LogP contribution in [-0.2, 0) is 4.79 Å².